The summed E-state index contributed by atoms with van der Waals surface area (Å²) in [6, 6.07) is 9.75. The van der Waals surface area contributed by atoms with Crippen LogP contribution in [-0.4, -0.2) is 30.1 Å². The molecule has 98 valence electrons. The van der Waals surface area contributed by atoms with Crippen LogP contribution in [0.3, 0.4) is 0 Å². The van der Waals surface area contributed by atoms with Gasteiger partial charge in [0.25, 0.3) is 0 Å². The van der Waals surface area contributed by atoms with Crippen LogP contribution in [0, 0.1) is 0 Å². The first-order valence-corrected chi connectivity index (χ1v) is 5.92. The molecule has 18 heavy (non-hydrogen) atoms. The Morgan fingerprint density at radius 3 is 2.56 bits per heavy atom. The Balaban J connectivity index is 2.27. The van der Waals surface area contributed by atoms with E-state index in [1.165, 1.54) is 7.11 Å². The second-order valence-corrected chi connectivity index (χ2v) is 4.17. The van der Waals surface area contributed by atoms with Crippen molar-refractivity contribution >= 4 is 11.8 Å². The number of esters is 1. The number of ether oxygens (including phenoxy) is 1. The topological polar surface area (TPSA) is 63.6 Å². The fourth-order valence-electron chi connectivity index (χ4n) is 1.65. The first kappa shape index (κ1) is 14.4. The molecule has 0 aliphatic heterocycles. The van der Waals surface area contributed by atoms with Crippen molar-refractivity contribution in [2.45, 2.75) is 31.8 Å². The van der Waals surface area contributed by atoms with Gasteiger partial charge in [-0.15, -0.1) is 0 Å². The van der Waals surface area contributed by atoms with Crippen molar-refractivity contribution in [3.05, 3.63) is 35.9 Å². The number of aryl methyl sites for hydroxylation is 1. The normalized spacial score (nSPS) is 11.9. The molecule has 0 aliphatic carbocycles. The van der Waals surface area contributed by atoms with Gasteiger partial charge in [0.2, 0.25) is 0 Å². The van der Waals surface area contributed by atoms with Gasteiger partial charge < -0.3 is 9.84 Å². The summed E-state index contributed by atoms with van der Waals surface area (Å²) in [5, 5.41) is 9.69. The Morgan fingerprint density at radius 1 is 1.28 bits per heavy atom. The molecular weight excluding hydrogens is 232 g/mol. The summed E-state index contributed by atoms with van der Waals surface area (Å²) in [5.74, 6) is -0.849. The molecule has 0 aliphatic rings. The molecule has 0 bridgehead atoms. The van der Waals surface area contributed by atoms with Crippen LogP contribution in [0.1, 0.15) is 24.8 Å². The van der Waals surface area contributed by atoms with Gasteiger partial charge in [-0.2, -0.15) is 0 Å². The summed E-state index contributed by atoms with van der Waals surface area (Å²) in [4.78, 5) is 22.2. The first-order chi connectivity index (χ1) is 8.61. The maximum absolute atomic E-state index is 11.4. The molecule has 1 N–H and O–H groups in total. The highest BCUT2D eigenvalue weighted by Crippen LogP contribution is 2.08. The minimum absolute atomic E-state index is 0.00192. The molecule has 0 spiro atoms. The Labute approximate surface area is 107 Å². The largest absolute Gasteiger partial charge is 0.469 e. The molecule has 1 rings (SSSR count). The summed E-state index contributed by atoms with van der Waals surface area (Å²) < 4.78 is 4.39. The van der Waals surface area contributed by atoms with E-state index in [1.54, 1.807) is 0 Å². The van der Waals surface area contributed by atoms with Gasteiger partial charge in [0.15, 0.2) is 0 Å². The second-order valence-electron chi connectivity index (χ2n) is 4.17. The van der Waals surface area contributed by atoms with E-state index in [1.807, 2.05) is 30.3 Å². The highest BCUT2D eigenvalue weighted by Gasteiger charge is 2.14. The molecule has 4 nitrogen and oxygen atoms in total. The summed E-state index contributed by atoms with van der Waals surface area (Å²) in [5.41, 5.74) is 1.12. The van der Waals surface area contributed by atoms with E-state index in [4.69, 9.17) is 0 Å². The van der Waals surface area contributed by atoms with E-state index in [9.17, 15) is 14.7 Å². The standard InChI is InChI=1S/C14H18O4/c1-18-14(17)10-13(16)9-12(15)8-7-11-5-3-2-4-6-11/h2-6,12,15H,7-10H2,1H3/t12-/m1/s1. The highest BCUT2D eigenvalue weighted by atomic mass is 16.5. The van der Waals surface area contributed by atoms with Gasteiger partial charge in [0.05, 0.1) is 13.2 Å². The number of methoxy groups -OCH3 is 1. The van der Waals surface area contributed by atoms with Crippen molar-refractivity contribution in [1.82, 2.24) is 0 Å². The van der Waals surface area contributed by atoms with Gasteiger partial charge in [-0.3, -0.25) is 9.59 Å². The SMILES string of the molecule is COC(=O)CC(=O)C[C@H](O)CCc1ccccc1. The molecule has 0 fully saturated rings. The molecule has 1 aromatic rings. The predicted octanol–water partition coefficient (Wildman–Crippen LogP) is 1.50. The van der Waals surface area contributed by atoms with Crippen LogP contribution in [0.4, 0.5) is 0 Å². The number of rotatable bonds is 7. The van der Waals surface area contributed by atoms with Gasteiger partial charge in [0, 0.05) is 6.42 Å². The number of carbonyl (C=O) groups excluding carboxylic acids is 2. The molecule has 0 saturated carbocycles. The minimum atomic E-state index is -0.706. The van der Waals surface area contributed by atoms with Crippen LogP contribution in [0.5, 0.6) is 0 Å². The lowest BCUT2D eigenvalue weighted by Gasteiger charge is -2.09. The lowest BCUT2D eigenvalue weighted by atomic mass is 10.0. The lowest BCUT2D eigenvalue weighted by Crippen LogP contribution is -2.17. The quantitative estimate of drug-likeness (QED) is 0.588. The number of aliphatic hydroxyl groups excluding tert-OH is 1. The van der Waals surface area contributed by atoms with Crippen molar-refractivity contribution in [1.29, 1.82) is 0 Å². The maximum atomic E-state index is 11.4. The average molecular weight is 250 g/mol. The van der Waals surface area contributed by atoms with E-state index in [2.05, 4.69) is 4.74 Å². The lowest BCUT2D eigenvalue weighted by molar-refractivity contribution is -0.143. The van der Waals surface area contributed by atoms with Crippen molar-refractivity contribution < 1.29 is 19.4 Å². The van der Waals surface area contributed by atoms with Crippen LogP contribution in [0.15, 0.2) is 30.3 Å². The maximum Gasteiger partial charge on any atom is 0.313 e. The fourth-order valence-corrected chi connectivity index (χ4v) is 1.65. The molecule has 0 saturated heterocycles. The zero-order valence-electron chi connectivity index (χ0n) is 10.5. The van der Waals surface area contributed by atoms with Gasteiger partial charge in [-0.05, 0) is 18.4 Å². The number of hydrogen-bond acceptors (Lipinski definition) is 4. The predicted molar refractivity (Wildman–Crippen MR) is 67.0 cm³/mol. The van der Waals surface area contributed by atoms with E-state index in [-0.39, 0.29) is 18.6 Å². The third-order valence-electron chi connectivity index (χ3n) is 2.64. The molecule has 1 atom stereocenters. The summed E-state index contributed by atoms with van der Waals surface area (Å²) in [7, 11) is 1.24. The van der Waals surface area contributed by atoms with Crippen LogP contribution in [0.25, 0.3) is 0 Å². The van der Waals surface area contributed by atoms with Crippen molar-refractivity contribution in [2.24, 2.45) is 0 Å². The van der Waals surface area contributed by atoms with Gasteiger partial charge in [-0.25, -0.2) is 0 Å². The fraction of sp³-hybridized carbons (Fsp3) is 0.429. The Kier molecular flexibility index (Phi) is 6.08. The molecular formula is C14H18O4. The molecule has 0 amide bonds. The highest BCUT2D eigenvalue weighted by molar-refractivity contribution is 5.95. The Bertz CT molecular complexity index is 386. The monoisotopic (exact) mass is 250 g/mol. The average Bonchev–Trinajstić information content (AvgIpc) is 2.37. The molecule has 0 radical (unpaired) electrons. The smallest absolute Gasteiger partial charge is 0.313 e. The van der Waals surface area contributed by atoms with Gasteiger partial charge in [-0.1, -0.05) is 30.3 Å². The van der Waals surface area contributed by atoms with Crippen LogP contribution in [-0.2, 0) is 20.7 Å². The third kappa shape index (κ3) is 5.59. The summed E-state index contributed by atoms with van der Waals surface area (Å²) >= 11 is 0. The summed E-state index contributed by atoms with van der Waals surface area (Å²) in [6.07, 6.45) is 0.257. The molecule has 4 heteroatoms. The zero-order valence-corrected chi connectivity index (χ0v) is 10.5. The number of benzene rings is 1. The van der Waals surface area contributed by atoms with E-state index < -0.39 is 12.1 Å². The van der Waals surface area contributed by atoms with Crippen molar-refractivity contribution in [3.63, 3.8) is 0 Å². The van der Waals surface area contributed by atoms with Crippen molar-refractivity contribution in [2.75, 3.05) is 7.11 Å². The number of hydrogen-bond donors (Lipinski definition) is 1. The Hall–Kier alpha value is -1.68. The second kappa shape index (κ2) is 7.61. The van der Waals surface area contributed by atoms with Crippen LogP contribution in [0.2, 0.25) is 0 Å². The minimum Gasteiger partial charge on any atom is -0.469 e. The number of Topliss-reactive ketones (excluding diaryl/α,β-unsaturated/α-hetero) is 1. The van der Waals surface area contributed by atoms with Crippen molar-refractivity contribution in [3.8, 4) is 0 Å². The molecule has 1 aromatic carbocycles. The van der Waals surface area contributed by atoms with Gasteiger partial charge in [0.1, 0.15) is 12.2 Å². The zero-order chi connectivity index (χ0) is 13.4. The molecule has 0 unspecified atom stereocenters. The summed E-state index contributed by atoms with van der Waals surface area (Å²) in [6.45, 7) is 0. The van der Waals surface area contributed by atoms with E-state index >= 15 is 0 Å². The number of aliphatic hydroxyl groups is 1. The molecule has 0 aromatic heterocycles. The third-order valence-corrected chi connectivity index (χ3v) is 2.64. The van der Waals surface area contributed by atoms with Crippen LogP contribution >= 0.6 is 0 Å². The van der Waals surface area contributed by atoms with Crippen LogP contribution < -0.4 is 0 Å². The first-order valence-electron chi connectivity index (χ1n) is 5.92. The van der Waals surface area contributed by atoms with Gasteiger partial charge >= 0.3 is 5.97 Å². The number of carbonyl (C=O) groups is 2. The Morgan fingerprint density at radius 2 is 1.94 bits per heavy atom. The van der Waals surface area contributed by atoms with E-state index in [0.717, 1.165) is 5.56 Å². The molecule has 0 heterocycles. The number of ketones is 1. The van der Waals surface area contributed by atoms with E-state index in [0.29, 0.717) is 12.8 Å².